The van der Waals surface area contributed by atoms with Gasteiger partial charge in [-0.1, -0.05) is 0 Å². The summed E-state index contributed by atoms with van der Waals surface area (Å²) in [5.41, 5.74) is 1.61. The lowest BCUT2D eigenvalue weighted by Gasteiger charge is -2.07. The van der Waals surface area contributed by atoms with E-state index in [1.165, 1.54) is 18.3 Å². The fourth-order valence-electron chi connectivity index (χ4n) is 1.88. The Morgan fingerprint density at radius 1 is 1.25 bits per heavy atom. The van der Waals surface area contributed by atoms with Gasteiger partial charge in [0.1, 0.15) is 10.7 Å². The number of aryl methyl sites for hydroxylation is 1. The highest BCUT2D eigenvalue weighted by atomic mass is 32.2. The molecule has 0 saturated heterocycles. The highest BCUT2D eigenvalue weighted by Gasteiger charge is 2.16. The Hall–Kier alpha value is -1.86. The smallest absolute Gasteiger partial charge is 0.263 e. The lowest BCUT2D eigenvalue weighted by Crippen LogP contribution is -2.12. The van der Waals surface area contributed by atoms with Crippen LogP contribution < -0.4 is 10.0 Å². The van der Waals surface area contributed by atoms with Gasteiger partial charge in [-0.2, -0.15) is 0 Å². The van der Waals surface area contributed by atoms with Gasteiger partial charge in [0.15, 0.2) is 0 Å². The molecule has 0 aliphatic carbocycles. The summed E-state index contributed by atoms with van der Waals surface area (Å²) in [6.07, 6.45) is 1.40. The van der Waals surface area contributed by atoms with Gasteiger partial charge in [0, 0.05) is 18.4 Å². The molecular formula is C13H16FN3O2S. The summed E-state index contributed by atoms with van der Waals surface area (Å²) in [5, 5.41) is 2.92. The van der Waals surface area contributed by atoms with Crippen LogP contribution in [0, 0.1) is 12.7 Å². The number of halogens is 1. The minimum Gasteiger partial charge on any atom is -0.363 e. The third-order valence-electron chi connectivity index (χ3n) is 2.69. The first kappa shape index (κ1) is 14.5. The van der Waals surface area contributed by atoms with Crippen molar-refractivity contribution in [1.29, 1.82) is 0 Å². The molecule has 0 bridgehead atoms. The van der Waals surface area contributed by atoms with Crippen molar-refractivity contribution in [1.82, 2.24) is 10.3 Å². The average molecular weight is 297 g/mol. The lowest BCUT2D eigenvalue weighted by molar-refractivity contribution is 0.601. The monoisotopic (exact) mass is 297 g/mol. The van der Waals surface area contributed by atoms with Crippen LogP contribution in [0.15, 0.2) is 35.4 Å². The van der Waals surface area contributed by atoms with Gasteiger partial charge >= 0.3 is 0 Å². The van der Waals surface area contributed by atoms with Gasteiger partial charge in [-0.05, 0) is 43.8 Å². The molecule has 20 heavy (non-hydrogen) atoms. The third kappa shape index (κ3) is 3.37. The molecule has 5 nitrogen and oxygen atoms in total. The van der Waals surface area contributed by atoms with Crippen LogP contribution >= 0.6 is 0 Å². The zero-order valence-electron chi connectivity index (χ0n) is 11.2. The number of H-pyrrole nitrogens is 1. The summed E-state index contributed by atoms with van der Waals surface area (Å²) in [6.45, 7) is 2.23. The van der Waals surface area contributed by atoms with Crippen LogP contribution in [0.1, 0.15) is 11.3 Å². The Morgan fingerprint density at radius 2 is 2.00 bits per heavy atom. The van der Waals surface area contributed by atoms with Crippen LogP contribution in [-0.2, 0) is 16.6 Å². The van der Waals surface area contributed by atoms with Crippen molar-refractivity contribution in [2.24, 2.45) is 0 Å². The van der Waals surface area contributed by atoms with Crippen molar-refractivity contribution < 1.29 is 12.8 Å². The van der Waals surface area contributed by atoms with E-state index in [4.69, 9.17) is 0 Å². The standard InChI is InChI=1S/C13H16FN3O2S/c1-9-3-10(14)5-11(4-9)17-20(18,19)13-6-12(7-15-2)16-8-13/h3-6,8,15-17H,7H2,1-2H3. The number of aromatic nitrogens is 1. The number of anilines is 1. The molecule has 0 unspecified atom stereocenters. The summed E-state index contributed by atoms with van der Waals surface area (Å²) in [5.74, 6) is -0.479. The number of benzene rings is 1. The molecule has 1 aromatic carbocycles. The molecule has 0 atom stereocenters. The second-order valence-electron chi connectivity index (χ2n) is 4.51. The Bertz CT molecular complexity index is 690. The minimum atomic E-state index is -3.72. The van der Waals surface area contributed by atoms with Gasteiger partial charge in [0.25, 0.3) is 10.0 Å². The summed E-state index contributed by atoms with van der Waals surface area (Å²) in [4.78, 5) is 2.98. The van der Waals surface area contributed by atoms with Crippen molar-refractivity contribution in [2.75, 3.05) is 11.8 Å². The van der Waals surface area contributed by atoms with Crippen LogP contribution in [0.25, 0.3) is 0 Å². The average Bonchev–Trinajstić information content (AvgIpc) is 2.76. The predicted octanol–water partition coefficient (Wildman–Crippen LogP) is 1.98. The van der Waals surface area contributed by atoms with Crippen LogP contribution in [-0.4, -0.2) is 20.4 Å². The highest BCUT2D eigenvalue weighted by molar-refractivity contribution is 7.92. The van der Waals surface area contributed by atoms with Gasteiger partial charge in [0.05, 0.1) is 5.69 Å². The molecule has 2 aromatic rings. The van der Waals surface area contributed by atoms with Gasteiger partial charge in [-0.25, -0.2) is 12.8 Å². The third-order valence-corrected chi connectivity index (χ3v) is 4.05. The van der Waals surface area contributed by atoms with Crippen LogP contribution in [0.3, 0.4) is 0 Å². The molecule has 0 fully saturated rings. The van der Waals surface area contributed by atoms with Gasteiger partial charge in [-0.15, -0.1) is 0 Å². The summed E-state index contributed by atoms with van der Waals surface area (Å²) in [6, 6.07) is 5.58. The molecule has 1 heterocycles. The normalized spacial score (nSPS) is 11.6. The van der Waals surface area contributed by atoms with E-state index in [1.54, 1.807) is 20.0 Å². The van der Waals surface area contributed by atoms with E-state index in [9.17, 15) is 12.8 Å². The molecule has 1 aromatic heterocycles. The first-order chi connectivity index (χ1) is 9.40. The molecule has 2 rings (SSSR count). The topological polar surface area (TPSA) is 74.0 Å². The van der Waals surface area contributed by atoms with E-state index in [2.05, 4.69) is 15.0 Å². The first-order valence-corrected chi connectivity index (χ1v) is 7.51. The predicted molar refractivity (Wildman–Crippen MR) is 75.5 cm³/mol. The van der Waals surface area contributed by atoms with E-state index in [0.717, 1.165) is 11.8 Å². The van der Waals surface area contributed by atoms with Crippen LogP contribution in [0.4, 0.5) is 10.1 Å². The summed E-state index contributed by atoms with van der Waals surface area (Å²) in [7, 11) is -1.95. The number of aromatic amines is 1. The second-order valence-corrected chi connectivity index (χ2v) is 6.20. The molecule has 0 aliphatic heterocycles. The molecule has 3 N–H and O–H groups in total. The zero-order valence-corrected chi connectivity index (χ0v) is 12.0. The fourth-order valence-corrected chi connectivity index (χ4v) is 2.93. The van der Waals surface area contributed by atoms with E-state index in [0.29, 0.717) is 12.1 Å². The maximum atomic E-state index is 13.3. The van der Waals surface area contributed by atoms with Gasteiger partial charge < -0.3 is 10.3 Å². The summed E-state index contributed by atoms with van der Waals surface area (Å²) < 4.78 is 40.0. The molecule has 0 saturated carbocycles. The van der Waals surface area contributed by atoms with E-state index >= 15 is 0 Å². The Kier molecular flexibility index (Phi) is 4.10. The van der Waals surface area contributed by atoms with Crippen LogP contribution in [0.5, 0.6) is 0 Å². The Balaban J connectivity index is 2.25. The van der Waals surface area contributed by atoms with E-state index in [-0.39, 0.29) is 10.6 Å². The molecule has 0 radical (unpaired) electrons. The van der Waals surface area contributed by atoms with Gasteiger partial charge in [-0.3, -0.25) is 4.72 Å². The number of nitrogens with one attached hydrogen (secondary N) is 3. The fraction of sp³-hybridized carbons (Fsp3) is 0.231. The molecule has 108 valence electrons. The summed E-state index contributed by atoms with van der Waals surface area (Å²) >= 11 is 0. The quantitative estimate of drug-likeness (QED) is 0.790. The molecular weight excluding hydrogens is 281 g/mol. The largest absolute Gasteiger partial charge is 0.363 e. The van der Waals surface area contributed by atoms with Gasteiger partial charge in [0.2, 0.25) is 0 Å². The first-order valence-electron chi connectivity index (χ1n) is 6.02. The molecule has 0 spiro atoms. The number of hydrogen-bond acceptors (Lipinski definition) is 3. The molecule has 0 amide bonds. The number of hydrogen-bond donors (Lipinski definition) is 3. The van der Waals surface area contributed by atoms with Crippen molar-refractivity contribution in [2.45, 2.75) is 18.4 Å². The van der Waals surface area contributed by atoms with Crippen molar-refractivity contribution in [3.05, 3.63) is 47.5 Å². The number of sulfonamides is 1. The maximum Gasteiger partial charge on any atom is 0.263 e. The van der Waals surface area contributed by atoms with Crippen molar-refractivity contribution in [3.63, 3.8) is 0 Å². The van der Waals surface area contributed by atoms with E-state index in [1.807, 2.05) is 0 Å². The van der Waals surface area contributed by atoms with E-state index < -0.39 is 15.8 Å². The minimum absolute atomic E-state index is 0.115. The Labute approximate surface area is 117 Å². The van der Waals surface area contributed by atoms with Crippen LogP contribution in [0.2, 0.25) is 0 Å². The van der Waals surface area contributed by atoms with Crippen molar-refractivity contribution >= 4 is 15.7 Å². The highest BCUT2D eigenvalue weighted by Crippen LogP contribution is 2.19. The number of rotatable bonds is 5. The molecule has 0 aliphatic rings. The van der Waals surface area contributed by atoms with Crippen molar-refractivity contribution in [3.8, 4) is 0 Å². The lowest BCUT2D eigenvalue weighted by atomic mass is 10.2. The maximum absolute atomic E-state index is 13.3. The SMILES string of the molecule is CNCc1cc(S(=O)(=O)Nc2cc(C)cc(F)c2)c[nH]1. The Morgan fingerprint density at radius 3 is 2.65 bits per heavy atom. The zero-order chi connectivity index (χ0) is 14.8. The second kappa shape index (κ2) is 5.64. The molecule has 7 heteroatoms.